The van der Waals surface area contributed by atoms with E-state index in [1.807, 2.05) is 0 Å². The maximum absolute atomic E-state index is 11.3. The lowest BCUT2D eigenvalue weighted by molar-refractivity contribution is -0.126. The third-order valence-electron chi connectivity index (χ3n) is 2.28. The highest BCUT2D eigenvalue weighted by Gasteiger charge is 2.06. The molecule has 2 amide bonds. The number of nitrogens with one attached hydrogen (secondary N) is 2. The summed E-state index contributed by atoms with van der Waals surface area (Å²) in [6.45, 7) is 6.21. The first-order valence-electron chi connectivity index (χ1n) is 6.13. The molecular formula is C12H24N2O3. The van der Waals surface area contributed by atoms with E-state index in [-0.39, 0.29) is 18.4 Å². The van der Waals surface area contributed by atoms with E-state index >= 15 is 0 Å². The standard InChI is InChI=1S/C12H24N2O3/c1-9(2)4-5-11(16)14-8-12(17)13-7-6-10(3)15/h9-10,15H,4-8H2,1-3H3,(H,13,17)(H,14,16). The Kier molecular flexibility index (Phi) is 8.40. The summed E-state index contributed by atoms with van der Waals surface area (Å²) in [5.74, 6) is 0.175. The summed E-state index contributed by atoms with van der Waals surface area (Å²) in [5.41, 5.74) is 0. The van der Waals surface area contributed by atoms with Crippen molar-refractivity contribution in [3.05, 3.63) is 0 Å². The molecule has 0 heterocycles. The Hall–Kier alpha value is -1.10. The second-order valence-electron chi connectivity index (χ2n) is 4.70. The average Bonchev–Trinajstić information content (AvgIpc) is 2.23. The summed E-state index contributed by atoms with van der Waals surface area (Å²) in [7, 11) is 0. The van der Waals surface area contributed by atoms with Crippen LogP contribution in [0.15, 0.2) is 0 Å². The van der Waals surface area contributed by atoms with Crippen LogP contribution in [0.3, 0.4) is 0 Å². The van der Waals surface area contributed by atoms with Gasteiger partial charge in [-0.05, 0) is 25.7 Å². The molecule has 0 aliphatic heterocycles. The first kappa shape index (κ1) is 15.9. The van der Waals surface area contributed by atoms with Gasteiger partial charge < -0.3 is 15.7 Å². The Morgan fingerprint density at radius 3 is 2.24 bits per heavy atom. The van der Waals surface area contributed by atoms with E-state index in [4.69, 9.17) is 5.11 Å². The summed E-state index contributed by atoms with van der Waals surface area (Å²) in [4.78, 5) is 22.6. The third kappa shape index (κ3) is 11.2. The molecule has 100 valence electrons. The van der Waals surface area contributed by atoms with Crippen molar-refractivity contribution < 1.29 is 14.7 Å². The fourth-order valence-electron chi connectivity index (χ4n) is 1.17. The van der Waals surface area contributed by atoms with Crippen LogP contribution in [0, 0.1) is 5.92 Å². The van der Waals surface area contributed by atoms with Gasteiger partial charge in [-0.1, -0.05) is 13.8 Å². The van der Waals surface area contributed by atoms with Crippen LogP contribution in [0.4, 0.5) is 0 Å². The SMILES string of the molecule is CC(C)CCC(=O)NCC(=O)NCCC(C)O. The van der Waals surface area contributed by atoms with Gasteiger partial charge in [0.1, 0.15) is 0 Å². The van der Waals surface area contributed by atoms with Crippen LogP contribution in [-0.2, 0) is 9.59 Å². The van der Waals surface area contributed by atoms with Gasteiger partial charge in [0.25, 0.3) is 0 Å². The van der Waals surface area contributed by atoms with Gasteiger partial charge in [-0.3, -0.25) is 9.59 Å². The van der Waals surface area contributed by atoms with Crippen LogP contribution in [0.25, 0.3) is 0 Å². The molecule has 5 heteroatoms. The van der Waals surface area contributed by atoms with Gasteiger partial charge in [-0.2, -0.15) is 0 Å². The molecule has 0 aromatic carbocycles. The molecule has 0 aromatic rings. The van der Waals surface area contributed by atoms with E-state index in [0.717, 1.165) is 6.42 Å². The van der Waals surface area contributed by atoms with Gasteiger partial charge in [0, 0.05) is 13.0 Å². The quantitative estimate of drug-likeness (QED) is 0.579. The molecule has 0 bridgehead atoms. The van der Waals surface area contributed by atoms with Crippen molar-refractivity contribution in [1.82, 2.24) is 10.6 Å². The molecule has 0 spiro atoms. The fourth-order valence-corrected chi connectivity index (χ4v) is 1.17. The molecule has 0 radical (unpaired) electrons. The van der Waals surface area contributed by atoms with Crippen LogP contribution in [0.1, 0.15) is 40.0 Å². The van der Waals surface area contributed by atoms with E-state index in [9.17, 15) is 9.59 Å². The van der Waals surface area contributed by atoms with Crippen LogP contribution in [0.2, 0.25) is 0 Å². The Bertz CT molecular complexity index is 240. The second-order valence-corrected chi connectivity index (χ2v) is 4.70. The maximum atomic E-state index is 11.3. The minimum absolute atomic E-state index is 0.0107. The minimum atomic E-state index is -0.420. The third-order valence-corrected chi connectivity index (χ3v) is 2.28. The predicted molar refractivity (Wildman–Crippen MR) is 66.4 cm³/mol. The van der Waals surface area contributed by atoms with Crippen molar-refractivity contribution in [2.24, 2.45) is 5.92 Å². The smallest absolute Gasteiger partial charge is 0.239 e. The first-order chi connectivity index (χ1) is 7.91. The summed E-state index contributed by atoms with van der Waals surface area (Å²) in [6, 6.07) is 0. The second kappa shape index (κ2) is 8.98. The number of carbonyl (C=O) groups is 2. The predicted octanol–water partition coefficient (Wildman–Crippen LogP) is 0.426. The van der Waals surface area contributed by atoms with Crippen molar-refractivity contribution >= 4 is 11.8 Å². The van der Waals surface area contributed by atoms with Crippen molar-refractivity contribution in [1.29, 1.82) is 0 Å². The average molecular weight is 244 g/mol. The largest absolute Gasteiger partial charge is 0.393 e. The molecule has 0 aliphatic carbocycles. The van der Waals surface area contributed by atoms with E-state index in [0.29, 0.717) is 25.3 Å². The zero-order chi connectivity index (χ0) is 13.3. The number of aliphatic hydroxyl groups excluding tert-OH is 1. The number of hydrogen-bond acceptors (Lipinski definition) is 3. The number of rotatable bonds is 8. The normalized spacial score (nSPS) is 12.3. The van der Waals surface area contributed by atoms with Crippen molar-refractivity contribution in [3.8, 4) is 0 Å². The zero-order valence-corrected chi connectivity index (χ0v) is 11.0. The summed E-state index contributed by atoms with van der Waals surface area (Å²) in [5, 5.41) is 14.2. The lowest BCUT2D eigenvalue weighted by atomic mass is 10.1. The van der Waals surface area contributed by atoms with Gasteiger partial charge in [-0.15, -0.1) is 0 Å². The molecule has 0 saturated carbocycles. The Labute approximate surface area is 103 Å². The van der Waals surface area contributed by atoms with Crippen LogP contribution < -0.4 is 10.6 Å². The highest BCUT2D eigenvalue weighted by Crippen LogP contribution is 2.02. The number of carbonyl (C=O) groups excluding carboxylic acids is 2. The summed E-state index contributed by atoms with van der Waals surface area (Å²) < 4.78 is 0. The number of hydrogen-bond donors (Lipinski definition) is 3. The zero-order valence-electron chi connectivity index (χ0n) is 11.0. The van der Waals surface area contributed by atoms with Gasteiger partial charge in [0.05, 0.1) is 12.6 Å². The maximum Gasteiger partial charge on any atom is 0.239 e. The monoisotopic (exact) mass is 244 g/mol. The Morgan fingerprint density at radius 1 is 1.06 bits per heavy atom. The lowest BCUT2D eigenvalue weighted by Crippen LogP contribution is -2.37. The van der Waals surface area contributed by atoms with Crippen LogP contribution >= 0.6 is 0 Å². The number of amides is 2. The molecule has 17 heavy (non-hydrogen) atoms. The molecule has 0 rings (SSSR count). The highest BCUT2D eigenvalue weighted by atomic mass is 16.3. The Balaban J connectivity index is 3.52. The molecule has 0 aliphatic rings. The fraction of sp³-hybridized carbons (Fsp3) is 0.833. The van der Waals surface area contributed by atoms with E-state index in [1.165, 1.54) is 0 Å². The Morgan fingerprint density at radius 2 is 1.71 bits per heavy atom. The van der Waals surface area contributed by atoms with Gasteiger partial charge in [-0.25, -0.2) is 0 Å². The first-order valence-corrected chi connectivity index (χ1v) is 6.13. The van der Waals surface area contributed by atoms with Gasteiger partial charge >= 0.3 is 0 Å². The van der Waals surface area contributed by atoms with Crippen LogP contribution in [0.5, 0.6) is 0 Å². The molecule has 1 atom stereocenters. The lowest BCUT2D eigenvalue weighted by Gasteiger charge is -2.08. The highest BCUT2D eigenvalue weighted by molar-refractivity contribution is 5.84. The van der Waals surface area contributed by atoms with Crippen molar-refractivity contribution in [3.63, 3.8) is 0 Å². The van der Waals surface area contributed by atoms with E-state index in [1.54, 1.807) is 6.92 Å². The molecular weight excluding hydrogens is 220 g/mol. The minimum Gasteiger partial charge on any atom is -0.393 e. The molecule has 3 N–H and O–H groups in total. The van der Waals surface area contributed by atoms with Gasteiger partial charge in [0.2, 0.25) is 11.8 Å². The molecule has 0 fully saturated rings. The molecule has 0 saturated heterocycles. The van der Waals surface area contributed by atoms with Gasteiger partial charge in [0.15, 0.2) is 0 Å². The van der Waals surface area contributed by atoms with Crippen LogP contribution in [-0.4, -0.2) is 36.1 Å². The molecule has 5 nitrogen and oxygen atoms in total. The van der Waals surface area contributed by atoms with E-state index in [2.05, 4.69) is 24.5 Å². The molecule has 1 unspecified atom stereocenters. The summed E-state index contributed by atoms with van der Waals surface area (Å²) in [6.07, 6.45) is 1.39. The topological polar surface area (TPSA) is 78.4 Å². The summed E-state index contributed by atoms with van der Waals surface area (Å²) >= 11 is 0. The van der Waals surface area contributed by atoms with Crippen molar-refractivity contribution in [2.75, 3.05) is 13.1 Å². The van der Waals surface area contributed by atoms with Crippen molar-refractivity contribution in [2.45, 2.75) is 46.1 Å². The molecule has 0 aromatic heterocycles. The van der Waals surface area contributed by atoms with E-state index < -0.39 is 6.10 Å². The number of aliphatic hydroxyl groups is 1.